The predicted molar refractivity (Wildman–Crippen MR) is 93.5 cm³/mol. The molecule has 3 N–H and O–H groups in total. The number of para-hydroxylation sites is 1. The van der Waals surface area contributed by atoms with Gasteiger partial charge in [-0.2, -0.15) is 0 Å². The van der Waals surface area contributed by atoms with Crippen molar-refractivity contribution in [1.29, 1.82) is 0 Å². The van der Waals surface area contributed by atoms with Gasteiger partial charge in [-0.3, -0.25) is 4.79 Å². The van der Waals surface area contributed by atoms with E-state index >= 15 is 0 Å². The van der Waals surface area contributed by atoms with Crippen LogP contribution < -0.4 is 20.1 Å². The Bertz CT molecular complexity index is 808. The molecule has 8 heteroatoms. The molecule has 0 bridgehead atoms. The SMILES string of the molecule is O=C(COC(=O)c1ccccc1NCCO)Nc1ccc2c(c1)OCO2. The largest absolute Gasteiger partial charge is 0.454 e. The van der Waals surface area contributed by atoms with Crippen molar-refractivity contribution in [3.8, 4) is 11.5 Å². The molecule has 136 valence electrons. The van der Waals surface area contributed by atoms with Crippen LogP contribution in [0.25, 0.3) is 0 Å². The number of aliphatic hydroxyl groups excluding tert-OH is 1. The zero-order valence-electron chi connectivity index (χ0n) is 13.9. The number of carbonyl (C=O) groups excluding carboxylic acids is 2. The molecule has 1 aliphatic heterocycles. The van der Waals surface area contributed by atoms with Gasteiger partial charge in [-0.15, -0.1) is 0 Å². The molecule has 0 spiro atoms. The number of nitrogens with one attached hydrogen (secondary N) is 2. The summed E-state index contributed by atoms with van der Waals surface area (Å²) in [5.74, 6) is 0.0509. The van der Waals surface area contributed by atoms with Crippen molar-refractivity contribution in [2.45, 2.75) is 0 Å². The van der Waals surface area contributed by atoms with E-state index in [1.165, 1.54) is 0 Å². The molecule has 8 nitrogen and oxygen atoms in total. The lowest BCUT2D eigenvalue weighted by atomic mass is 10.2. The summed E-state index contributed by atoms with van der Waals surface area (Å²) < 4.78 is 15.5. The fraction of sp³-hybridized carbons (Fsp3) is 0.222. The number of fused-ring (bicyclic) bond motifs is 1. The third-order valence-electron chi connectivity index (χ3n) is 3.56. The Labute approximate surface area is 149 Å². The van der Waals surface area contributed by atoms with E-state index in [2.05, 4.69) is 10.6 Å². The number of carbonyl (C=O) groups is 2. The highest BCUT2D eigenvalue weighted by Crippen LogP contribution is 2.34. The Morgan fingerprint density at radius 2 is 1.92 bits per heavy atom. The van der Waals surface area contributed by atoms with Crippen molar-refractivity contribution < 1.29 is 28.9 Å². The van der Waals surface area contributed by atoms with Crippen LogP contribution in [0.5, 0.6) is 11.5 Å². The van der Waals surface area contributed by atoms with Gasteiger partial charge in [0.1, 0.15) is 0 Å². The summed E-state index contributed by atoms with van der Waals surface area (Å²) >= 11 is 0. The summed E-state index contributed by atoms with van der Waals surface area (Å²) in [4.78, 5) is 24.2. The number of amides is 1. The second-order valence-corrected chi connectivity index (χ2v) is 5.39. The van der Waals surface area contributed by atoms with Gasteiger partial charge in [-0.25, -0.2) is 4.79 Å². The van der Waals surface area contributed by atoms with Crippen LogP contribution in [0.4, 0.5) is 11.4 Å². The number of aliphatic hydroxyl groups is 1. The van der Waals surface area contributed by atoms with E-state index in [1.54, 1.807) is 42.5 Å². The quantitative estimate of drug-likeness (QED) is 0.646. The van der Waals surface area contributed by atoms with Crippen molar-refractivity contribution in [3.05, 3.63) is 48.0 Å². The molecule has 1 amide bonds. The van der Waals surface area contributed by atoms with Crippen LogP contribution in [0, 0.1) is 0 Å². The number of anilines is 2. The van der Waals surface area contributed by atoms with Crippen molar-refractivity contribution in [2.75, 3.05) is 37.2 Å². The van der Waals surface area contributed by atoms with Gasteiger partial charge in [0.2, 0.25) is 6.79 Å². The van der Waals surface area contributed by atoms with Crippen molar-refractivity contribution in [3.63, 3.8) is 0 Å². The summed E-state index contributed by atoms with van der Waals surface area (Å²) in [6, 6.07) is 11.7. The smallest absolute Gasteiger partial charge is 0.340 e. The molecule has 0 aliphatic carbocycles. The van der Waals surface area contributed by atoms with E-state index < -0.39 is 18.5 Å². The molecule has 0 unspecified atom stereocenters. The highest BCUT2D eigenvalue weighted by molar-refractivity contribution is 5.98. The minimum Gasteiger partial charge on any atom is -0.454 e. The van der Waals surface area contributed by atoms with Gasteiger partial charge in [-0.05, 0) is 24.3 Å². The van der Waals surface area contributed by atoms with Gasteiger partial charge >= 0.3 is 5.97 Å². The summed E-state index contributed by atoms with van der Waals surface area (Å²) in [5, 5.41) is 14.4. The number of ether oxygens (including phenoxy) is 3. The molecular weight excluding hydrogens is 340 g/mol. The van der Waals surface area contributed by atoms with Gasteiger partial charge in [-0.1, -0.05) is 12.1 Å². The molecule has 1 heterocycles. The second kappa shape index (κ2) is 8.21. The van der Waals surface area contributed by atoms with Crippen LogP contribution in [0.15, 0.2) is 42.5 Å². The van der Waals surface area contributed by atoms with Crippen molar-refractivity contribution >= 4 is 23.3 Å². The topological polar surface area (TPSA) is 106 Å². The van der Waals surface area contributed by atoms with Crippen LogP contribution in [-0.2, 0) is 9.53 Å². The van der Waals surface area contributed by atoms with Crippen molar-refractivity contribution in [1.82, 2.24) is 0 Å². The van der Waals surface area contributed by atoms with E-state index in [0.29, 0.717) is 29.4 Å². The summed E-state index contributed by atoms with van der Waals surface area (Å²) in [6.07, 6.45) is 0. The highest BCUT2D eigenvalue weighted by atomic mass is 16.7. The standard InChI is InChI=1S/C18H18N2O6/c21-8-7-19-14-4-2-1-3-13(14)18(23)24-10-17(22)20-12-5-6-15-16(9-12)26-11-25-15/h1-6,9,19,21H,7-8,10-11H2,(H,20,22). The van der Waals surface area contributed by atoms with Crippen LogP contribution in [0.2, 0.25) is 0 Å². The molecular formula is C18H18N2O6. The minimum absolute atomic E-state index is 0.0681. The molecule has 3 rings (SSSR count). The Hall–Kier alpha value is -3.26. The lowest BCUT2D eigenvalue weighted by Gasteiger charge is -2.11. The molecule has 0 radical (unpaired) electrons. The molecule has 2 aromatic rings. The Balaban J connectivity index is 1.55. The normalized spacial score (nSPS) is 11.7. The first kappa shape index (κ1) is 17.6. The number of esters is 1. The molecule has 0 aromatic heterocycles. The molecule has 0 fully saturated rings. The lowest BCUT2D eigenvalue weighted by Crippen LogP contribution is -2.21. The zero-order valence-corrected chi connectivity index (χ0v) is 13.9. The van der Waals surface area contributed by atoms with E-state index in [9.17, 15) is 9.59 Å². The number of hydrogen-bond acceptors (Lipinski definition) is 7. The van der Waals surface area contributed by atoms with Crippen LogP contribution in [-0.4, -0.2) is 43.5 Å². The van der Waals surface area contributed by atoms with Gasteiger partial charge in [0, 0.05) is 24.0 Å². The third-order valence-corrected chi connectivity index (χ3v) is 3.56. The first-order valence-electron chi connectivity index (χ1n) is 7.98. The Morgan fingerprint density at radius 1 is 1.12 bits per heavy atom. The fourth-order valence-electron chi connectivity index (χ4n) is 2.39. The van der Waals surface area contributed by atoms with Crippen molar-refractivity contribution in [2.24, 2.45) is 0 Å². The Morgan fingerprint density at radius 3 is 2.77 bits per heavy atom. The number of rotatable bonds is 7. The molecule has 0 saturated heterocycles. The maximum absolute atomic E-state index is 12.2. The van der Waals surface area contributed by atoms with Crippen LogP contribution >= 0.6 is 0 Å². The van der Waals surface area contributed by atoms with Gasteiger partial charge in [0.25, 0.3) is 5.91 Å². The molecule has 1 aliphatic rings. The Kier molecular flexibility index (Phi) is 5.55. The average Bonchev–Trinajstić information content (AvgIpc) is 3.12. The van der Waals surface area contributed by atoms with E-state index in [1.807, 2.05) is 0 Å². The summed E-state index contributed by atoms with van der Waals surface area (Å²) in [6.45, 7) is -0.0497. The molecule has 0 saturated carbocycles. The fourth-order valence-corrected chi connectivity index (χ4v) is 2.39. The highest BCUT2D eigenvalue weighted by Gasteiger charge is 2.16. The zero-order chi connectivity index (χ0) is 18.4. The van der Waals surface area contributed by atoms with Gasteiger partial charge < -0.3 is 30.0 Å². The summed E-state index contributed by atoms with van der Waals surface area (Å²) in [5.41, 5.74) is 1.33. The van der Waals surface area contributed by atoms with E-state index in [4.69, 9.17) is 19.3 Å². The number of hydrogen-bond donors (Lipinski definition) is 3. The van der Waals surface area contributed by atoms with Gasteiger partial charge in [0.15, 0.2) is 18.1 Å². The molecule has 0 atom stereocenters. The third kappa shape index (κ3) is 4.22. The first-order chi connectivity index (χ1) is 12.7. The second-order valence-electron chi connectivity index (χ2n) is 5.39. The monoisotopic (exact) mass is 358 g/mol. The lowest BCUT2D eigenvalue weighted by molar-refractivity contribution is -0.119. The minimum atomic E-state index is -0.633. The van der Waals surface area contributed by atoms with Crippen LogP contribution in [0.3, 0.4) is 0 Å². The maximum atomic E-state index is 12.2. The molecule has 26 heavy (non-hydrogen) atoms. The van der Waals surface area contributed by atoms with E-state index in [-0.39, 0.29) is 19.0 Å². The molecule has 2 aromatic carbocycles. The van der Waals surface area contributed by atoms with E-state index in [0.717, 1.165) is 0 Å². The maximum Gasteiger partial charge on any atom is 0.340 e. The number of benzene rings is 2. The summed E-state index contributed by atoms with van der Waals surface area (Å²) in [7, 11) is 0. The predicted octanol–water partition coefficient (Wildman–Crippen LogP) is 1.61. The first-order valence-corrected chi connectivity index (χ1v) is 7.98. The van der Waals surface area contributed by atoms with Gasteiger partial charge in [0.05, 0.1) is 12.2 Å². The van der Waals surface area contributed by atoms with Crippen LogP contribution in [0.1, 0.15) is 10.4 Å². The average molecular weight is 358 g/mol.